The summed E-state index contributed by atoms with van der Waals surface area (Å²) in [6.45, 7) is 3.25. The van der Waals surface area contributed by atoms with Crippen LogP contribution in [0, 0.1) is 0 Å². The van der Waals surface area contributed by atoms with Crippen molar-refractivity contribution < 1.29 is 22.7 Å². The van der Waals surface area contributed by atoms with Crippen LogP contribution in [0.4, 0.5) is 23.8 Å². The molecule has 1 aromatic heterocycles. The van der Waals surface area contributed by atoms with Crippen LogP contribution in [0.5, 0.6) is 0 Å². The van der Waals surface area contributed by atoms with Crippen molar-refractivity contribution >= 4 is 11.8 Å². The highest BCUT2D eigenvalue weighted by molar-refractivity contribution is 5.88. The molecule has 2 rings (SSSR count). The van der Waals surface area contributed by atoms with Gasteiger partial charge in [0.1, 0.15) is 6.54 Å². The lowest BCUT2D eigenvalue weighted by Gasteiger charge is -2.35. The van der Waals surface area contributed by atoms with Crippen molar-refractivity contribution in [1.82, 2.24) is 15.1 Å². The number of rotatable bonds is 3. The number of urea groups is 1. The first-order chi connectivity index (χ1) is 10.1. The van der Waals surface area contributed by atoms with E-state index in [-0.39, 0.29) is 17.5 Å². The van der Waals surface area contributed by atoms with E-state index in [1.54, 1.807) is 0 Å². The van der Waals surface area contributed by atoms with E-state index in [1.165, 1.54) is 12.3 Å². The Morgan fingerprint density at radius 2 is 2.27 bits per heavy atom. The van der Waals surface area contributed by atoms with E-state index < -0.39 is 18.8 Å². The first kappa shape index (κ1) is 16.6. The molecule has 1 fully saturated rings. The molecule has 0 spiro atoms. The number of alkyl halides is 3. The molecule has 0 aliphatic carbocycles. The Labute approximate surface area is 126 Å². The van der Waals surface area contributed by atoms with Gasteiger partial charge in [0.05, 0.1) is 5.60 Å². The van der Waals surface area contributed by atoms with Crippen LogP contribution >= 0.6 is 0 Å². The summed E-state index contributed by atoms with van der Waals surface area (Å²) in [7, 11) is 0. The fourth-order valence-corrected chi connectivity index (χ4v) is 2.39. The average molecular weight is 320 g/mol. The van der Waals surface area contributed by atoms with Gasteiger partial charge in [-0.05, 0) is 26.7 Å². The van der Waals surface area contributed by atoms with Crippen molar-refractivity contribution in [2.24, 2.45) is 0 Å². The smallest absolute Gasteiger partial charge is 0.375 e. The zero-order valence-electron chi connectivity index (χ0n) is 12.4. The van der Waals surface area contributed by atoms with Gasteiger partial charge in [-0.25, -0.2) is 4.79 Å². The van der Waals surface area contributed by atoms with Crippen LogP contribution in [0.25, 0.3) is 0 Å². The van der Waals surface area contributed by atoms with Gasteiger partial charge in [-0.15, -0.1) is 0 Å². The first-order valence-corrected chi connectivity index (χ1v) is 6.95. The first-order valence-electron chi connectivity index (χ1n) is 6.95. The van der Waals surface area contributed by atoms with E-state index in [2.05, 4.69) is 15.7 Å². The van der Waals surface area contributed by atoms with Crippen molar-refractivity contribution in [3.05, 3.63) is 12.3 Å². The van der Waals surface area contributed by atoms with Crippen LogP contribution < -0.4 is 10.6 Å². The zero-order valence-corrected chi connectivity index (χ0v) is 12.4. The summed E-state index contributed by atoms with van der Waals surface area (Å²) in [6, 6.07) is 0.792. The second kappa shape index (κ2) is 6.15. The molecular formula is C13H19F3N4O2. The Kier molecular flexibility index (Phi) is 4.64. The van der Waals surface area contributed by atoms with E-state index in [0.29, 0.717) is 19.4 Å². The van der Waals surface area contributed by atoms with Gasteiger partial charge in [0, 0.05) is 24.9 Å². The molecule has 0 bridgehead atoms. The number of ether oxygens (including phenoxy) is 1. The predicted octanol–water partition coefficient (Wildman–Crippen LogP) is 2.52. The van der Waals surface area contributed by atoms with Crippen molar-refractivity contribution in [3.8, 4) is 0 Å². The van der Waals surface area contributed by atoms with Gasteiger partial charge < -0.3 is 10.1 Å². The predicted molar refractivity (Wildman–Crippen MR) is 73.5 cm³/mol. The maximum Gasteiger partial charge on any atom is 0.408 e. The van der Waals surface area contributed by atoms with E-state index in [9.17, 15) is 18.0 Å². The number of halogens is 3. The summed E-state index contributed by atoms with van der Waals surface area (Å²) in [4.78, 5) is 11.9. The van der Waals surface area contributed by atoms with Crippen molar-refractivity contribution in [2.45, 2.75) is 51.1 Å². The standard InChI is InChI=1S/C13H19F3N4O2/c1-12(2)7-9(4-6-22-12)17-11(21)18-10-3-5-20(19-10)8-13(14,15)16/h3,5,9H,4,6-8H2,1-2H3,(H2,17,18,19,21). The lowest BCUT2D eigenvalue weighted by molar-refractivity contribution is -0.142. The Balaban J connectivity index is 1.84. The Morgan fingerprint density at radius 3 is 2.91 bits per heavy atom. The summed E-state index contributed by atoms with van der Waals surface area (Å²) in [5.74, 6) is 0.0769. The Morgan fingerprint density at radius 1 is 1.55 bits per heavy atom. The fourth-order valence-electron chi connectivity index (χ4n) is 2.39. The number of hydrogen-bond acceptors (Lipinski definition) is 3. The molecule has 0 aromatic carbocycles. The van der Waals surface area contributed by atoms with E-state index >= 15 is 0 Å². The summed E-state index contributed by atoms with van der Waals surface area (Å²) >= 11 is 0. The van der Waals surface area contributed by atoms with Crippen LogP contribution in [-0.4, -0.2) is 40.2 Å². The van der Waals surface area contributed by atoms with Crippen molar-refractivity contribution in [3.63, 3.8) is 0 Å². The molecule has 0 radical (unpaired) electrons. The molecule has 1 saturated heterocycles. The fraction of sp³-hybridized carbons (Fsp3) is 0.692. The molecule has 9 heteroatoms. The van der Waals surface area contributed by atoms with Crippen LogP contribution in [0.2, 0.25) is 0 Å². The molecule has 1 aliphatic heterocycles. The topological polar surface area (TPSA) is 68.2 Å². The van der Waals surface area contributed by atoms with E-state index in [0.717, 1.165) is 4.68 Å². The SMILES string of the molecule is CC1(C)CC(NC(=O)Nc2ccn(CC(F)(F)F)n2)CCO1. The van der Waals surface area contributed by atoms with Crippen LogP contribution in [0.1, 0.15) is 26.7 Å². The largest absolute Gasteiger partial charge is 0.408 e. The minimum Gasteiger partial charge on any atom is -0.375 e. The zero-order chi connectivity index (χ0) is 16.4. The minimum atomic E-state index is -4.35. The molecule has 2 N–H and O–H groups in total. The lowest BCUT2D eigenvalue weighted by atomic mass is 9.94. The van der Waals surface area contributed by atoms with Gasteiger partial charge >= 0.3 is 12.2 Å². The third kappa shape index (κ3) is 5.21. The number of hydrogen-bond donors (Lipinski definition) is 2. The third-order valence-electron chi connectivity index (χ3n) is 3.26. The monoisotopic (exact) mass is 320 g/mol. The highest BCUT2D eigenvalue weighted by atomic mass is 19.4. The number of carbonyl (C=O) groups excluding carboxylic acids is 1. The number of carbonyl (C=O) groups is 1. The minimum absolute atomic E-state index is 0.0407. The number of nitrogens with one attached hydrogen (secondary N) is 2. The highest BCUT2D eigenvalue weighted by Crippen LogP contribution is 2.24. The second-order valence-corrected chi connectivity index (χ2v) is 5.91. The second-order valence-electron chi connectivity index (χ2n) is 5.91. The van der Waals surface area contributed by atoms with Crippen molar-refractivity contribution in [2.75, 3.05) is 11.9 Å². The number of amides is 2. The molecule has 2 heterocycles. The van der Waals surface area contributed by atoms with Gasteiger partial charge in [0.25, 0.3) is 0 Å². The molecule has 1 unspecified atom stereocenters. The molecule has 1 aliphatic rings. The molecule has 1 aromatic rings. The average Bonchev–Trinajstić information content (AvgIpc) is 2.72. The van der Waals surface area contributed by atoms with E-state index in [4.69, 9.17) is 4.74 Å². The van der Waals surface area contributed by atoms with Gasteiger partial charge in [-0.2, -0.15) is 18.3 Å². The summed E-state index contributed by atoms with van der Waals surface area (Å²) in [5.41, 5.74) is -0.301. The van der Waals surface area contributed by atoms with Crippen LogP contribution in [0.15, 0.2) is 12.3 Å². The normalized spacial score (nSPS) is 21.4. The third-order valence-corrected chi connectivity index (χ3v) is 3.26. The number of anilines is 1. The van der Waals surface area contributed by atoms with Gasteiger partial charge in [-0.3, -0.25) is 10.00 Å². The quantitative estimate of drug-likeness (QED) is 0.899. The van der Waals surface area contributed by atoms with Gasteiger partial charge in [0.15, 0.2) is 5.82 Å². The summed E-state index contributed by atoms with van der Waals surface area (Å²) in [6.07, 6.45) is -1.82. The molecule has 6 nitrogen and oxygen atoms in total. The Hall–Kier alpha value is -1.77. The Bertz CT molecular complexity index is 528. The summed E-state index contributed by atoms with van der Waals surface area (Å²) in [5, 5.41) is 8.87. The summed E-state index contributed by atoms with van der Waals surface area (Å²) < 4.78 is 42.9. The molecule has 0 saturated carbocycles. The molecular weight excluding hydrogens is 301 g/mol. The molecule has 2 amide bonds. The van der Waals surface area contributed by atoms with Crippen molar-refractivity contribution in [1.29, 1.82) is 0 Å². The van der Waals surface area contributed by atoms with E-state index in [1.807, 2.05) is 13.8 Å². The number of aromatic nitrogens is 2. The molecule has 22 heavy (non-hydrogen) atoms. The number of nitrogens with zero attached hydrogens (tertiary/aromatic N) is 2. The van der Waals surface area contributed by atoms with Gasteiger partial charge in [-0.1, -0.05) is 0 Å². The molecule has 124 valence electrons. The maximum atomic E-state index is 12.2. The maximum absolute atomic E-state index is 12.2. The van der Waals surface area contributed by atoms with Crippen LogP contribution in [-0.2, 0) is 11.3 Å². The van der Waals surface area contributed by atoms with Crippen LogP contribution in [0.3, 0.4) is 0 Å². The van der Waals surface area contributed by atoms with Gasteiger partial charge in [0.2, 0.25) is 0 Å². The lowest BCUT2D eigenvalue weighted by Crippen LogP contribution is -2.47. The molecule has 1 atom stereocenters. The highest BCUT2D eigenvalue weighted by Gasteiger charge is 2.30.